The van der Waals surface area contributed by atoms with Crippen molar-refractivity contribution in [3.05, 3.63) is 34.3 Å². The molecule has 1 saturated heterocycles. The Labute approximate surface area is 93.5 Å². The minimum atomic E-state index is 0. The molecule has 0 bridgehead atoms. The van der Waals surface area contributed by atoms with Gasteiger partial charge in [-0.3, -0.25) is 0 Å². The average Bonchev–Trinajstić information content (AvgIpc) is 2.56. The van der Waals surface area contributed by atoms with Crippen molar-refractivity contribution >= 4 is 28.3 Å². The zero-order valence-corrected chi connectivity index (χ0v) is 9.70. The smallest absolute Gasteiger partial charge is 0.0178 e. The lowest BCUT2D eigenvalue weighted by atomic mass is 9.99. The predicted octanol–water partition coefficient (Wildman–Crippen LogP) is 2.95. The summed E-state index contributed by atoms with van der Waals surface area (Å²) in [7, 11) is 0. The largest absolute Gasteiger partial charge is 0.316 e. The predicted molar refractivity (Wildman–Crippen MR) is 61.6 cm³/mol. The van der Waals surface area contributed by atoms with Crippen molar-refractivity contribution in [2.75, 3.05) is 13.1 Å². The molecule has 1 atom stereocenters. The van der Waals surface area contributed by atoms with Crippen LogP contribution in [-0.2, 0) is 0 Å². The van der Waals surface area contributed by atoms with Gasteiger partial charge >= 0.3 is 0 Å². The summed E-state index contributed by atoms with van der Waals surface area (Å²) in [5.74, 6) is 0.725. The van der Waals surface area contributed by atoms with Gasteiger partial charge in [-0.1, -0.05) is 28.1 Å². The van der Waals surface area contributed by atoms with Gasteiger partial charge in [0.05, 0.1) is 0 Å². The molecule has 1 aliphatic heterocycles. The van der Waals surface area contributed by atoms with Gasteiger partial charge in [0, 0.05) is 11.0 Å². The molecule has 1 N–H and O–H groups in total. The van der Waals surface area contributed by atoms with E-state index in [2.05, 4.69) is 45.5 Å². The van der Waals surface area contributed by atoms with Crippen LogP contribution in [0, 0.1) is 0 Å². The first-order valence-electron chi connectivity index (χ1n) is 4.32. The first-order valence-corrected chi connectivity index (χ1v) is 5.12. The Morgan fingerprint density at radius 1 is 1.38 bits per heavy atom. The van der Waals surface area contributed by atoms with E-state index in [1.165, 1.54) is 16.5 Å². The number of nitrogens with one attached hydrogen (secondary N) is 1. The van der Waals surface area contributed by atoms with E-state index in [4.69, 9.17) is 0 Å². The maximum Gasteiger partial charge on any atom is 0.0178 e. The second-order valence-corrected chi connectivity index (χ2v) is 4.16. The molecule has 1 unspecified atom stereocenters. The fraction of sp³-hybridized carbons (Fsp3) is 0.400. The standard InChI is InChI=1S/C10H12BrN.ClH/c11-10-3-1-2-8(6-10)9-4-5-12-7-9;/h1-3,6,9,12H,4-5,7H2;1H. The van der Waals surface area contributed by atoms with Crippen molar-refractivity contribution in [2.24, 2.45) is 0 Å². The van der Waals surface area contributed by atoms with E-state index < -0.39 is 0 Å². The van der Waals surface area contributed by atoms with Crippen LogP contribution < -0.4 is 5.32 Å². The third-order valence-corrected chi connectivity index (χ3v) is 2.87. The van der Waals surface area contributed by atoms with Gasteiger partial charge in [-0.25, -0.2) is 0 Å². The van der Waals surface area contributed by atoms with Crippen LogP contribution in [0.25, 0.3) is 0 Å². The lowest BCUT2D eigenvalue weighted by Crippen LogP contribution is -2.07. The normalized spacial score (nSPS) is 21.2. The second kappa shape index (κ2) is 4.99. The monoisotopic (exact) mass is 261 g/mol. The van der Waals surface area contributed by atoms with Crippen LogP contribution in [0.15, 0.2) is 28.7 Å². The maximum atomic E-state index is 3.49. The molecule has 1 heterocycles. The van der Waals surface area contributed by atoms with E-state index in [-0.39, 0.29) is 12.4 Å². The third-order valence-electron chi connectivity index (χ3n) is 2.38. The van der Waals surface area contributed by atoms with E-state index in [0.29, 0.717) is 0 Å². The SMILES string of the molecule is Brc1cccc(C2CCNC2)c1.Cl. The Morgan fingerprint density at radius 2 is 2.23 bits per heavy atom. The number of halogens is 2. The third kappa shape index (κ3) is 2.70. The van der Waals surface area contributed by atoms with Gasteiger partial charge in [0.2, 0.25) is 0 Å². The maximum absolute atomic E-state index is 3.49. The molecule has 0 amide bonds. The van der Waals surface area contributed by atoms with Crippen molar-refractivity contribution in [3.8, 4) is 0 Å². The highest BCUT2D eigenvalue weighted by Crippen LogP contribution is 2.24. The fourth-order valence-electron chi connectivity index (χ4n) is 1.70. The summed E-state index contributed by atoms with van der Waals surface area (Å²) < 4.78 is 1.19. The summed E-state index contributed by atoms with van der Waals surface area (Å²) in [4.78, 5) is 0. The topological polar surface area (TPSA) is 12.0 Å². The van der Waals surface area contributed by atoms with Crippen molar-refractivity contribution in [1.82, 2.24) is 5.32 Å². The van der Waals surface area contributed by atoms with Crippen LogP contribution in [0.1, 0.15) is 17.9 Å². The lowest BCUT2D eigenvalue weighted by Gasteiger charge is -2.08. The summed E-state index contributed by atoms with van der Waals surface area (Å²) in [5.41, 5.74) is 1.45. The Kier molecular flexibility index (Phi) is 4.23. The average molecular weight is 263 g/mol. The number of hydrogen-bond acceptors (Lipinski definition) is 1. The molecule has 0 spiro atoms. The van der Waals surface area contributed by atoms with Crippen LogP contribution in [0.3, 0.4) is 0 Å². The van der Waals surface area contributed by atoms with Gasteiger partial charge in [-0.2, -0.15) is 0 Å². The second-order valence-electron chi connectivity index (χ2n) is 3.24. The van der Waals surface area contributed by atoms with Crippen LogP contribution in [0.2, 0.25) is 0 Å². The van der Waals surface area contributed by atoms with E-state index in [9.17, 15) is 0 Å². The highest BCUT2D eigenvalue weighted by atomic mass is 79.9. The summed E-state index contributed by atoms with van der Waals surface area (Å²) in [6.07, 6.45) is 1.27. The molecule has 1 nitrogen and oxygen atoms in total. The number of hydrogen-bond donors (Lipinski definition) is 1. The molecular formula is C10H13BrClN. The minimum Gasteiger partial charge on any atom is -0.316 e. The first-order chi connectivity index (χ1) is 5.86. The Bertz CT molecular complexity index is 271. The van der Waals surface area contributed by atoms with Crippen LogP contribution >= 0.6 is 28.3 Å². The molecule has 3 heteroatoms. The molecule has 0 aliphatic carbocycles. The van der Waals surface area contributed by atoms with Crippen LogP contribution in [-0.4, -0.2) is 13.1 Å². The Morgan fingerprint density at radius 3 is 2.85 bits per heavy atom. The van der Waals surface area contributed by atoms with Crippen molar-refractivity contribution in [1.29, 1.82) is 0 Å². The van der Waals surface area contributed by atoms with E-state index in [1.807, 2.05) is 0 Å². The highest BCUT2D eigenvalue weighted by Gasteiger charge is 2.15. The molecule has 0 radical (unpaired) electrons. The molecule has 2 rings (SSSR count). The quantitative estimate of drug-likeness (QED) is 0.820. The molecule has 1 aromatic carbocycles. The van der Waals surface area contributed by atoms with Gasteiger partial charge in [-0.15, -0.1) is 12.4 Å². The minimum absolute atomic E-state index is 0. The zero-order valence-electron chi connectivity index (χ0n) is 7.29. The van der Waals surface area contributed by atoms with Gasteiger partial charge < -0.3 is 5.32 Å². The zero-order chi connectivity index (χ0) is 8.39. The molecule has 1 aliphatic rings. The van der Waals surface area contributed by atoms with Gasteiger partial charge in [-0.05, 0) is 36.6 Å². The molecule has 0 aromatic heterocycles. The molecule has 1 aromatic rings. The highest BCUT2D eigenvalue weighted by molar-refractivity contribution is 9.10. The van der Waals surface area contributed by atoms with E-state index in [0.717, 1.165) is 19.0 Å². The van der Waals surface area contributed by atoms with Crippen LogP contribution in [0.5, 0.6) is 0 Å². The van der Waals surface area contributed by atoms with Crippen molar-refractivity contribution in [3.63, 3.8) is 0 Å². The van der Waals surface area contributed by atoms with Crippen molar-refractivity contribution in [2.45, 2.75) is 12.3 Å². The fourth-order valence-corrected chi connectivity index (χ4v) is 2.12. The van der Waals surface area contributed by atoms with E-state index in [1.54, 1.807) is 0 Å². The molecular weight excluding hydrogens is 249 g/mol. The molecule has 1 fully saturated rings. The Hall–Kier alpha value is -0.0500. The molecule has 13 heavy (non-hydrogen) atoms. The summed E-state index contributed by atoms with van der Waals surface area (Å²) in [6, 6.07) is 8.61. The summed E-state index contributed by atoms with van der Waals surface area (Å²) >= 11 is 3.49. The van der Waals surface area contributed by atoms with Gasteiger partial charge in [0.1, 0.15) is 0 Å². The van der Waals surface area contributed by atoms with Gasteiger partial charge in [0.15, 0.2) is 0 Å². The van der Waals surface area contributed by atoms with Crippen LogP contribution in [0.4, 0.5) is 0 Å². The van der Waals surface area contributed by atoms with Gasteiger partial charge in [0.25, 0.3) is 0 Å². The van der Waals surface area contributed by atoms with E-state index >= 15 is 0 Å². The van der Waals surface area contributed by atoms with Crippen molar-refractivity contribution < 1.29 is 0 Å². The Balaban J connectivity index is 0.000000845. The molecule has 0 saturated carbocycles. The lowest BCUT2D eigenvalue weighted by molar-refractivity contribution is 0.763. The first kappa shape index (κ1) is 11.0. The summed E-state index contributed by atoms with van der Waals surface area (Å²) in [5, 5.41) is 3.37. The number of benzene rings is 1. The number of rotatable bonds is 1. The molecule has 72 valence electrons. The summed E-state index contributed by atoms with van der Waals surface area (Å²) in [6.45, 7) is 2.30.